The second kappa shape index (κ2) is 6.99. The second-order valence-corrected chi connectivity index (χ2v) is 4.72. The van der Waals surface area contributed by atoms with Crippen molar-refractivity contribution in [1.29, 1.82) is 0 Å². The van der Waals surface area contributed by atoms with Crippen LogP contribution in [0, 0.1) is 0 Å². The largest absolute Gasteiger partial charge is 0.382 e. The van der Waals surface area contributed by atoms with Gasteiger partial charge in [-0.2, -0.15) is 11.3 Å². The number of hydrogen-bond donors (Lipinski definition) is 1. The van der Waals surface area contributed by atoms with E-state index in [0.717, 1.165) is 12.8 Å². The molecule has 0 amide bonds. The molecule has 0 saturated carbocycles. The number of hydrogen-bond acceptors (Lipinski definition) is 3. The van der Waals surface area contributed by atoms with E-state index in [-0.39, 0.29) is 0 Å². The zero-order valence-electron chi connectivity index (χ0n) is 9.82. The van der Waals surface area contributed by atoms with Crippen LogP contribution >= 0.6 is 11.3 Å². The highest BCUT2D eigenvalue weighted by molar-refractivity contribution is 7.07. The summed E-state index contributed by atoms with van der Waals surface area (Å²) in [6.45, 7) is 2.12. The third kappa shape index (κ3) is 4.78. The number of ether oxygens (including phenoxy) is 1. The van der Waals surface area contributed by atoms with Crippen LogP contribution in [-0.4, -0.2) is 26.3 Å². The third-order valence-electron chi connectivity index (χ3n) is 2.79. The lowest BCUT2D eigenvalue weighted by molar-refractivity contribution is 0.100. The molecule has 15 heavy (non-hydrogen) atoms. The summed E-state index contributed by atoms with van der Waals surface area (Å²) in [5.74, 6) is 0. The van der Waals surface area contributed by atoms with E-state index in [0.29, 0.717) is 12.1 Å². The van der Waals surface area contributed by atoms with E-state index >= 15 is 0 Å². The SMILES string of the molecule is CNC(CCc1ccsc1)CC(C)OC. The molecule has 0 bridgehead atoms. The molecule has 0 aromatic carbocycles. The Balaban J connectivity index is 2.27. The summed E-state index contributed by atoms with van der Waals surface area (Å²) in [4.78, 5) is 0. The molecule has 0 fully saturated rings. The first-order valence-electron chi connectivity index (χ1n) is 5.47. The van der Waals surface area contributed by atoms with Crippen LogP contribution in [0.5, 0.6) is 0 Å². The number of methoxy groups -OCH3 is 1. The van der Waals surface area contributed by atoms with E-state index in [1.54, 1.807) is 18.4 Å². The Labute approximate surface area is 96.7 Å². The molecule has 1 aromatic heterocycles. The molecule has 0 aliphatic heterocycles. The maximum Gasteiger partial charge on any atom is 0.0558 e. The van der Waals surface area contributed by atoms with Gasteiger partial charge in [0, 0.05) is 13.2 Å². The van der Waals surface area contributed by atoms with E-state index in [9.17, 15) is 0 Å². The Bertz CT molecular complexity index is 248. The van der Waals surface area contributed by atoms with Gasteiger partial charge in [0.1, 0.15) is 0 Å². The van der Waals surface area contributed by atoms with Gasteiger partial charge in [0.25, 0.3) is 0 Å². The zero-order chi connectivity index (χ0) is 11.1. The van der Waals surface area contributed by atoms with Crippen molar-refractivity contribution in [2.75, 3.05) is 14.2 Å². The summed E-state index contributed by atoms with van der Waals surface area (Å²) < 4.78 is 5.28. The summed E-state index contributed by atoms with van der Waals surface area (Å²) in [5, 5.41) is 7.72. The molecule has 1 rings (SSSR count). The highest BCUT2D eigenvalue weighted by atomic mass is 32.1. The monoisotopic (exact) mass is 227 g/mol. The summed E-state index contributed by atoms with van der Waals surface area (Å²) in [6.07, 6.45) is 3.76. The van der Waals surface area contributed by atoms with Gasteiger partial charge in [0.15, 0.2) is 0 Å². The van der Waals surface area contributed by atoms with Crippen molar-refractivity contribution in [1.82, 2.24) is 5.32 Å². The molecule has 2 nitrogen and oxygen atoms in total. The fraction of sp³-hybridized carbons (Fsp3) is 0.667. The molecule has 0 saturated heterocycles. The van der Waals surface area contributed by atoms with Gasteiger partial charge in [0.2, 0.25) is 0 Å². The van der Waals surface area contributed by atoms with Crippen molar-refractivity contribution in [2.45, 2.75) is 38.3 Å². The lowest BCUT2D eigenvalue weighted by atomic mass is 10.0. The van der Waals surface area contributed by atoms with Gasteiger partial charge in [-0.15, -0.1) is 0 Å². The number of nitrogens with one attached hydrogen (secondary N) is 1. The van der Waals surface area contributed by atoms with Crippen LogP contribution in [0.2, 0.25) is 0 Å². The van der Waals surface area contributed by atoms with Crippen LogP contribution < -0.4 is 5.32 Å². The molecule has 0 radical (unpaired) electrons. The zero-order valence-corrected chi connectivity index (χ0v) is 10.6. The van der Waals surface area contributed by atoms with E-state index in [4.69, 9.17) is 4.74 Å². The molecular weight excluding hydrogens is 206 g/mol. The van der Waals surface area contributed by atoms with E-state index in [1.165, 1.54) is 12.0 Å². The molecule has 3 heteroatoms. The van der Waals surface area contributed by atoms with Crippen LogP contribution in [0.3, 0.4) is 0 Å². The molecular formula is C12H21NOS. The maximum atomic E-state index is 5.28. The molecule has 2 atom stereocenters. The molecule has 86 valence electrons. The fourth-order valence-corrected chi connectivity index (χ4v) is 2.36. The van der Waals surface area contributed by atoms with Crippen LogP contribution in [-0.2, 0) is 11.2 Å². The standard InChI is InChI=1S/C12H21NOS/c1-10(14-3)8-12(13-2)5-4-11-6-7-15-9-11/h6-7,9-10,12-13H,4-5,8H2,1-3H3. The van der Waals surface area contributed by atoms with Crippen molar-refractivity contribution in [3.63, 3.8) is 0 Å². The van der Waals surface area contributed by atoms with Gasteiger partial charge in [0.05, 0.1) is 6.10 Å². The van der Waals surface area contributed by atoms with E-state index in [1.807, 2.05) is 7.05 Å². The Kier molecular flexibility index (Phi) is 5.91. The molecule has 0 aliphatic carbocycles. The lowest BCUT2D eigenvalue weighted by Gasteiger charge is -2.19. The summed E-state index contributed by atoms with van der Waals surface area (Å²) in [6, 6.07) is 2.76. The highest BCUT2D eigenvalue weighted by Crippen LogP contribution is 2.12. The first-order valence-corrected chi connectivity index (χ1v) is 6.41. The van der Waals surface area contributed by atoms with Crippen molar-refractivity contribution >= 4 is 11.3 Å². The summed E-state index contributed by atoms with van der Waals surface area (Å²) in [5.41, 5.74) is 1.45. The number of rotatable bonds is 7. The first kappa shape index (κ1) is 12.7. The minimum Gasteiger partial charge on any atom is -0.382 e. The van der Waals surface area contributed by atoms with Crippen molar-refractivity contribution in [2.24, 2.45) is 0 Å². The summed E-state index contributed by atoms with van der Waals surface area (Å²) in [7, 11) is 3.80. The maximum absolute atomic E-state index is 5.28. The Morgan fingerprint density at radius 2 is 2.33 bits per heavy atom. The van der Waals surface area contributed by atoms with E-state index < -0.39 is 0 Å². The van der Waals surface area contributed by atoms with Gasteiger partial charge in [-0.3, -0.25) is 0 Å². The van der Waals surface area contributed by atoms with Crippen molar-refractivity contribution in [3.05, 3.63) is 22.4 Å². The van der Waals surface area contributed by atoms with E-state index in [2.05, 4.69) is 29.1 Å². The van der Waals surface area contributed by atoms with Crippen LogP contribution in [0.25, 0.3) is 0 Å². The quantitative estimate of drug-likeness (QED) is 0.773. The minimum atomic E-state index is 0.338. The third-order valence-corrected chi connectivity index (χ3v) is 3.52. The van der Waals surface area contributed by atoms with Crippen LogP contribution in [0.4, 0.5) is 0 Å². The van der Waals surface area contributed by atoms with Gasteiger partial charge in [-0.1, -0.05) is 0 Å². The molecule has 0 aliphatic rings. The van der Waals surface area contributed by atoms with Crippen LogP contribution in [0.15, 0.2) is 16.8 Å². The Morgan fingerprint density at radius 1 is 1.53 bits per heavy atom. The molecule has 0 spiro atoms. The topological polar surface area (TPSA) is 21.3 Å². The molecule has 1 aromatic rings. The average molecular weight is 227 g/mol. The normalized spacial score (nSPS) is 15.1. The average Bonchev–Trinajstić information content (AvgIpc) is 2.76. The van der Waals surface area contributed by atoms with Gasteiger partial charge >= 0.3 is 0 Å². The summed E-state index contributed by atoms with van der Waals surface area (Å²) >= 11 is 1.77. The smallest absolute Gasteiger partial charge is 0.0558 e. The van der Waals surface area contributed by atoms with Gasteiger partial charge in [-0.05, 0) is 55.6 Å². The highest BCUT2D eigenvalue weighted by Gasteiger charge is 2.10. The second-order valence-electron chi connectivity index (χ2n) is 3.94. The minimum absolute atomic E-state index is 0.338. The Hall–Kier alpha value is -0.380. The lowest BCUT2D eigenvalue weighted by Crippen LogP contribution is -2.30. The first-order chi connectivity index (χ1) is 7.26. The van der Waals surface area contributed by atoms with Gasteiger partial charge < -0.3 is 10.1 Å². The number of aryl methyl sites for hydroxylation is 1. The Morgan fingerprint density at radius 3 is 2.87 bits per heavy atom. The van der Waals surface area contributed by atoms with Crippen molar-refractivity contribution < 1.29 is 4.74 Å². The van der Waals surface area contributed by atoms with Crippen molar-refractivity contribution in [3.8, 4) is 0 Å². The molecule has 1 N–H and O–H groups in total. The van der Waals surface area contributed by atoms with Crippen LogP contribution in [0.1, 0.15) is 25.3 Å². The molecule has 1 heterocycles. The predicted octanol–water partition coefficient (Wildman–Crippen LogP) is 2.69. The fourth-order valence-electron chi connectivity index (χ4n) is 1.65. The molecule has 2 unspecified atom stereocenters. The predicted molar refractivity (Wildman–Crippen MR) is 66.6 cm³/mol. The number of thiophene rings is 1. The van der Waals surface area contributed by atoms with Gasteiger partial charge in [-0.25, -0.2) is 0 Å².